The largest absolute Gasteiger partial charge is 0.352 e. The minimum atomic E-state index is -3.65. The van der Waals surface area contributed by atoms with Gasteiger partial charge in [-0.1, -0.05) is 43.6 Å². The zero-order chi connectivity index (χ0) is 26.9. The summed E-state index contributed by atoms with van der Waals surface area (Å²) in [4.78, 5) is 28.0. The Morgan fingerprint density at radius 1 is 1.06 bits per heavy atom. The maximum absolute atomic E-state index is 13.4. The van der Waals surface area contributed by atoms with Gasteiger partial charge in [0.15, 0.2) is 0 Å². The second kappa shape index (κ2) is 13.6. The van der Waals surface area contributed by atoms with Gasteiger partial charge in [0.05, 0.1) is 11.9 Å². The van der Waals surface area contributed by atoms with Crippen LogP contribution in [0.5, 0.6) is 0 Å². The van der Waals surface area contributed by atoms with Gasteiger partial charge in [-0.05, 0) is 62.1 Å². The molecule has 0 aromatic heterocycles. The van der Waals surface area contributed by atoms with Gasteiger partial charge in [-0.3, -0.25) is 13.9 Å². The molecular formula is C26H35ClFN3O4S. The molecule has 2 aromatic rings. The molecule has 0 fully saturated rings. The number of anilines is 1. The van der Waals surface area contributed by atoms with Crippen LogP contribution in [0.15, 0.2) is 48.5 Å². The summed E-state index contributed by atoms with van der Waals surface area (Å²) < 4.78 is 39.2. The van der Waals surface area contributed by atoms with Gasteiger partial charge in [0, 0.05) is 30.6 Å². The number of sulfonamides is 1. The first kappa shape index (κ1) is 29.6. The molecule has 0 saturated carbocycles. The highest BCUT2D eigenvalue weighted by Crippen LogP contribution is 2.22. The predicted molar refractivity (Wildman–Crippen MR) is 142 cm³/mol. The van der Waals surface area contributed by atoms with E-state index in [9.17, 15) is 22.4 Å². The van der Waals surface area contributed by atoms with Crippen LogP contribution in [0.2, 0.25) is 5.02 Å². The van der Waals surface area contributed by atoms with Crippen molar-refractivity contribution in [3.63, 3.8) is 0 Å². The molecule has 0 aliphatic carbocycles. The molecule has 36 heavy (non-hydrogen) atoms. The Morgan fingerprint density at radius 3 is 2.25 bits per heavy atom. The summed E-state index contributed by atoms with van der Waals surface area (Å²) in [6, 6.07) is 11.5. The number of carbonyl (C=O) groups excluding carboxylic acids is 2. The lowest BCUT2D eigenvalue weighted by Gasteiger charge is -2.32. The lowest BCUT2D eigenvalue weighted by Crippen LogP contribution is -2.50. The fraction of sp³-hybridized carbons (Fsp3) is 0.462. The van der Waals surface area contributed by atoms with Crippen molar-refractivity contribution in [2.24, 2.45) is 0 Å². The monoisotopic (exact) mass is 539 g/mol. The highest BCUT2D eigenvalue weighted by molar-refractivity contribution is 7.92. The van der Waals surface area contributed by atoms with E-state index in [0.29, 0.717) is 22.7 Å². The van der Waals surface area contributed by atoms with Crippen LogP contribution in [0.3, 0.4) is 0 Å². The van der Waals surface area contributed by atoms with Gasteiger partial charge >= 0.3 is 0 Å². The molecule has 2 aromatic carbocycles. The number of hydrogen-bond acceptors (Lipinski definition) is 4. The summed E-state index contributed by atoms with van der Waals surface area (Å²) >= 11 is 6.34. The maximum Gasteiger partial charge on any atom is 0.243 e. The van der Waals surface area contributed by atoms with Crippen LogP contribution in [-0.2, 0) is 26.2 Å². The zero-order valence-electron chi connectivity index (χ0n) is 21.2. The van der Waals surface area contributed by atoms with Crippen molar-refractivity contribution in [1.82, 2.24) is 10.2 Å². The summed E-state index contributed by atoms with van der Waals surface area (Å²) in [5.41, 5.74) is 1.03. The van der Waals surface area contributed by atoms with Gasteiger partial charge in [0.25, 0.3) is 0 Å². The third-order valence-electron chi connectivity index (χ3n) is 5.95. The summed E-state index contributed by atoms with van der Waals surface area (Å²) in [7, 11) is -3.65. The fourth-order valence-corrected chi connectivity index (χ4v) is 4.94. The van der Waals surface area contributed by atoms with E-state index in [1.165, 1.54) is 29.2 Å². The first-order valence-electron chi connectivity index (χ1n) is 12.0. The Bertz CT molecular complexity index is 1130. The number of rotatable bonds is 13. The van der Waals surface area contributed by atoms with Crippen molar-refractivity contribution in [2.75, 3.05) is 17.1 Å². The Morgan fingerprint density at radius 2 is 1.69 bits per heavy atom. The Kier molecular flexibility index (Phi) is 11.2. The second-order valence-electron chi connectivity index (χ2n) is 8.77. The number of hydrogen-bond donors (Lipinski definition) is 1. The molecule has 0 saturated heterocycles. The van der Waals surface area contributed by atoms with E-state index < -0.39 is 21.9 Å². The van der Waals surface area contributed by atoms with Gasteiger partial charge < -0.3 is 10.2 Å². The average molecular weight is 540 g/mol. The number of halogens is 2. The summed E-state index contributed by atoms with van der Waals surface area (Å²) in [6.07, 6.45) is 2.46. The van der Waals surface area contributed by atoms with E-state index in [1.54, 1.807) is 12.1 Å². The van der Waals surface area contributed by atoms with E-state index in [-0.39, 0.29) is 43.8 Å². The minimum Gasteiger partial charge on any atom is -0.352 e. The number of nitrogens with one attached hydrogen (secondary N) is 1. The van der Waals surface area contributed by atoms with Crippen LogP contribution in [0.4, 0.5) is 10.1 Å². The van der Waals surface area contributed by atoms with E-state index in [0.717, 1.165) is 17.0 Å². The lowest BCUT2D eigenvalue weighted by molar-refractivity contribution is -0.141. The third-order valence-corrected chi connectivity index (χ3v) is 7.52. The predicted octanol–water partition coefficient (Wildman–Crippen LogP) is 4.75. The molecule has 10 heteroatoms. The SMILES string of the molecule is CC[C@@H](C)NC(=O)[C@@H](CC)N(Cc1ccccc1Cl)C(=O)CCCN(c1ccc(F)cc1)S(C)(=O)=O. The highest BCUT2D eigenvalue weighted by Gasteiger charge is 2.29. The third kappa shape index (κ3) is 8.48. The smallest absolute Gasteiger partial charge is 0.243 e. The van der Waals surface area contributed by atoms with Gasteiger partial charge in [-0.2, -0.15) is 0 Å². The average Bonchev–Trinajstić information content (AvgIpc) is 2.82. The summed E-state index contributed by atoms with van der Waals surface area (Å²) in [6.45, 7) is 5.89. The Balaban J connectivity index is 2.23. The summed E-state index contributed by atoms with van der Waals surface area (Å²) in [5, 5.41) is 3.45. The molecule has 2 amide bonds. The van der Waals surface area contributed by atoms with Crippen LogP contribution in [0, 0.1) is 5.82 Å². The Labute approximate surface area is 218 Å². The molecule has 0 spiro atoms. The quantitative estimate of drug-likeness (QED) is 0.398. The molecule has 198 valence electrons. The van der Waals surface area contributed by atoms with Crippen LogP contribution in [0.25, 0.3) is 0 Å². The maximum atomic E-state index is 13.4. The number of amides is 2. The van der Waals surface area contributed by atoms with Gasteiger partial charge in [0.1, 0.15) is 11.9 Å². The molecule has 0 aliphatic heterocycles. The van der Waals surface area contributed by atoms with Crippen molar-refractivity contribution >= 4 is 39.1 Å². The van der Waals surface area contributed by atoms with Crippen LogP contribution in [-0.4, -0.2) is 50.0 Å². The van der Waals surface area contributed by atoms with Crippen molar-refractivity contribution in [3.05, 3.63) is 64.9 Å². The molecule has 0 unspecified atom stereocenters. The molecule has 1 N–H and O–H groups in total. The van der Waals surface area contributed by atoms with E-state index in [2.05, 4.69) is 5.32 Å². The van der Waals surface area contributed by atoms with Gasteiger partial charge in [-0.15, -0.1) is 0 Å². The van der Waals surface area contributed by atoms with Crippen molar-refractivity contribution in [2.45, 2.75) is 65.1 Å². The first-order valence-corrected chi connectivity index (χ1v) is 14.3. The molecule has 2 rings (SSSR count). The van der Waals surface area contributed by atoms with Crippen molar-refractivity contribution in [3.8, 4) is 0 Å². The lowest BCUT2D eigenvalue weighted by atomic mass is 10.1. The normalized spacial score (nSPS) is 13.1. The molecular weight excluding hydrogens is 505 g/mol. The number of carbonyl (C=O) groups is 2. The topological polar surface area (TPSA) is 86.8 Å². The van der Waals surface area contributed by atoms with Crippen molar-refractivity contribution < 1.29 is 22.4 Å². The number of benzene rings is 2. The van der Waals surface area contributed by atoms with Crippen LogP contribution < -0.4 is 9.62 Å². The van der Waals surface area contributed by atoms with Crippen LogP contribution >= 0.6 is 11.6 Å². The van der Waals surface area contributed by atoms with Gasteiger partial charge in [-0.25, -0.2) is 12.8 Å². The highest BCUT2D eigenvalue weighted by atomic mass is 35.5. The molecule has 0 radical (unpaired) electrons. The van der Waals surface area contributed by atoms with E-state index in [4.69, 9.17) is 11.6 Å². The molecule has 7 nitrogen and oxygen atoms in total. The van der Waals surface area contributed by atoms with Crippen LogP contribution in [0.1, 0.15) is 52.0 Å². The molecule has 0 bridgehead atoms. The summed E-state index contributed by atoms with van der Waals surface area (Å²) in [5.74, 6) is -0.996. The number of nitrogens with zero attached hydrogens (tertiary/aromatic N) is 2. The standard InChI is InChI=1S/C26H35ClFN3O4S/c1-5-19(3)29-26(33)24(6-2)30(18-20-10-7-8-11-23(20)27)25(32)12-9-17-31(36(4,34)35)22-15-13-21(28)14-16-22/h7-8,10-11,13-16,19,24H,5-6,9,12,17-18H2,1-4H3,(H,29,33)/t19-,24-/m1/s1. The fourth-order valence-electron chi connectivity index (χ4n) is 3.78. The molecule has 2 atom stereocenters. The van der Waals surface area contributed by atoms with E-state index >= 15 is 0 Å². The minimum absolute atomic E-state index is 0.0186. The Hall–Kier alpha value is -2.65. The van der Waals surface area contributed by atoms with Gasteiger partial charge in [0.2, 0.25) is 21.8 Å². The van der Waals surface area contributed by atoms with E-state index in [1.807, 2.05) is 32.9 Å². The first-order chi connectivity index (χ1) is 17.0. The van der Waals surface area contributed by atoms with Crippen molar-refractivity contribution in [1.29, 1.82) is 0 Å². The molecule has 0 aliphatic rings. The zero-order valence-corrected chi connectivity index (χ0v) is 22.8. The molecule has 0 heterocycles. The second-order valence-corrected chi connectivity index (χ2v) is 11.1.